The van der Waals surface area contributed by atoms with Crippen molar-refractivity contribution in [3.8, 4) is 6.07 Å². The minimum atomic E-state index is 0.256. The van der Waals surface area contributed by atoms with E-state index < -0.39 is 0 Å². The Morgan fingerprint density at radius 2 is 2.39 bits per heavy atom. The van der Waals surface area contributed by atoms with Crippen LogP contribution in [0.3, 0.4) is 0 Å². The molecule has 0 amide bonds. The van der Waals surface area contributed by atoms with Gasteiger partial charge in [0.2, 0.25) is 5.82 Å². The Kier molecular flexibility index (Phi) is 4.27. The van der Waals surface area contributed by atoms with Crippen LogP contribution in [-0.2, 0) is 0 Å². The van der Waals surface area contributed by atoms with Crippen molar-refractivity contribution in [1.82, 2.24) is 20.6 Å². The van der Waals surface area contributed by atoms with Gasteiger partial charge in [0.25, 0.3) is 0 Å². The number of nitrogens with zero attached hydrogens (tertiary/aromatic N) is 4. The fraction of sp³-hybridized carbons (Fsp3) is 0. The van der Waals surface area contributed by atoms with E-state index >= 15 is 0 Å². The summed E-state index contributed by atoms with van der Waals surface area (Å²) in [6, 6.07) is 7.80. The average molecular weight is 417 g/mol. The molecule has 8 heteroatoms. The molecule has 1 heterocycles. The molecule has 0 aliphatic heterocycles. The van der Waals surface area contributed by atoms with Crippen LogP contribution in [0.25, 0.3) is 5.57 Å². The summed E-state index contributed by atoms with van der Waals surface area (Å²) in [4.78, 5) is 0. The number of hydrogen-bond acceptors (Lipinski definition) is 5. The zero-order valence-corrected chi connectivity index (χ0v) is 12.6. The largest absolute Gasteiger partial charge is 0.359 e. The number of allylic oxidation sites excluding steroid dienone is 1. The van der Waals surface area contributed by atoms with E-state index in [2.05, 4.69) is 64.5 Å². The van der Waals surface area contributed by atoms with Crippen molar-refractivity contribution in [2.75, 3.05) is 5.32 Å². The summed E-state index contributed by atoms with van der Waals surface area (Å²) in [7, 11) is 0. The van der Waals surface area contributed by atoms with Crippen LogP contribution in [0.2, 0.25) is 0 Å². The Labute approximate surface area is 125 Å². The fourth-order valence-corrected chi connectivity index (χ4v) is 2.06. The molecular weight excluding hydrogens is 411 g/mol. The number of H-pyrrole nitrogens is 1. The molecular formula is C10H6BrIN6. The first kappa shape index (κ1) is 13.0. The van der Waals surface area contributed by atoms with Crippen molar-refractivity contribution in [2.45, 2.75) is 0 Å². The van der Waals surface area contributed by atoms with E-state index in [0.29, 0.717) is 5.57 Å². The number of aromatic nitrogens is 4. The molecule has 2 rings (SSSR count). The van der Waals surface area contributed by atoms with Crippen LogP contribution in [0.4, 0.5) is 5.69 Å². The van der Waals surface area contributed by atoms with Gasteiger partial charge >= 0.3 is 0 Å². The Balaban J connectivity index is 2.25. The normalized spacial score (nSPS) is 11.1. The Hall–Kier alpha value is -1.47. The smallest absolute Gasteiger partial charge is 0.216 e. The van der Waals surface area contributed by atoms with Crippen molar-refractivity contribution < 1.29 is 0 Å². The second-order valence-corrected chi connectivity index (χ2v) is 5.11. The molecule has 0 aliphatic carbocycles. The molecule has 18 heavy (non-hydrogen) atoms. The van der Waals surface area contributed by atoms with Gasteiger partial charge in [-0.2, -0.15) is 10.5 Å². The number of rotatable bonds is 3. The van der Waals surface area contributed by atoms with Gasteiger partial charge in [-0.15, -0.1) is 10.2 Å². The number of anilines is 1. The van der Waals surface area contributed by atoms with E-state index in [1.54, 1.807) is 6.20 Å². The maximum Gasteiger partial charge on any atom is 0.216 e. The topological polar surface area (TPSA) is 90.3 Å². The third-order valence-corrected chi connectivity index (χ3v) is 4.52. The number of benzene rings is 1. The molecule has 0 saturated heterocycles. The van der Waals surface area contributed by atoms with Crippen molar-refractivity contribution in [2.24, 2.45) is 0 Å². The first-order valence-electron chi connectivity index (χ1n) is 4.77. The summed E-state index contributed by atoms with van der Waals surface area (Å²) >= 11 is 5.68. The van der Waals surface area contributed by atoms with Gasteiger partial charge in [0.15, 0.2) is 0 Å². The predicted molar refractivity (Wildman–Crippen MR) is 78.2 cm³/mol. The lowest BCUT2D eigenvalue weighted by atomic mass is 10.3. The van der Waals surface area contributed by atoms with Crippen molar-refractivity contribution >= 4 is 49.8 Å². The highest BCUT2D eigenvalue weighted by Gasteiger charge is 2.06. The highest BCUT2D eigenvalue weighted by atomic mass is 127. The second kappa shape index (κ2) is 5.92. The maximum atomic E-state index is 9.01. The number of aromatic amines is 1. The van der Waals surface area contributed by atoms with Crippen LogP contribution in [0.15, 0.2) is 28.9 Å². The van der Waals surface area contributed by atoms with Gasteiger partial charge in [-0.3, -0.25) is 0 Å². The quantitative estimate of drug-likeness (QED) is 0.592. The molecule has 0 radical (unpaired) electrons. The first-order chi connectivity index (χ1) is 8.72. The number of hydrogen-bond donors (Lipinski definition) is 2. The van der Waals surface area contributed by atoms with Crippen LogP contribution < -0.4 is 5.32 Å². The van der Waals surface area contributed by atoms with Gasteiger partial charge in [-0.05, 0) is 55.9 Å². The molecule has 6 nitrogen and oxygen atoms in total. The highest BCUT2D eigenvalue weighted by Crippen LogP contribution is 2.27. The van der Waals surface area contributed by atoms with Gasteiger partial charge in [-0.25, -0.2) is 0 Å². The Morgan fingerprint density at radius 1 is 1.56 bits per heavy atom. The number of halogens is 2. The minimum Gasteiger partial charge on any atom is -0.359 e. The van der Waals surface area contributed by atoms with Crippen LogP contribution in [0.1, 0.15) is 5.82 Å². The molecule has 0 saturated carbocycles. The molecule has 90 valence electrons. The SMILES string of the molecule is N#CC(=CNc1cccc(I)c1Br)c1nn[nH]n1. The molecule has 1 aromatic heterocycles. The van der Waals surface area contributed by atoms with Crippen molar-refractivity contribution in [1.29, 1.82) is 5.26 Å². The minimum absolute atomic E-state index is 0.256. The van der Waals surface area contributed by atoms with E-state index in [9.17, 15) is 0 Å². The van der Waals surface area contributed by atoms with E-state index in [1.165, 1.54) is 0 Å². The monoisotopic (exact) mass is 416 g/mol. The summed E-state index contributed by atoms with van der Waals surface area (Å²) in [5.41, 5.74) is 1.16. The lowest BCUT2D eigenvalue weighted by Gasteiger charge is -2.05. The second-order valence-electron chi connectivity index (χ2n) is 3.15. The van der Waals surface area contributed by atoms with Crippen LogP contribution in [-0.4, -0.2) is 20.6 Å². The molecule has 0 aliphatic rings. The van der Waals surface area contributed by atoms with Crippen molar-refractivity contribution in [3.05, 3.63) is 38.3 Å². The summed E-state index contributed by atoms with van der Waals surface area (Å²) < 4.78 is 2.01. The Bertz CT molecular complexity index is 616. The van der Waals surface area contributed by atoms with Crippen LogP contribution in [0.5, 0.6) is 0 Å². The fourth-order valence-electron chi connectivity index (χ4n) is 1.19. The van der Waals surface area contributed by atoms with Gasteiger partial charge in [0.1, 0.15) is 11.6 Å². The lowest BCUT2D eigenvalue weighted by molar-refractivity contribution is 0.881. The molecule has 2 N–H and O–H groups in total. The maximum absolute atomic E-state index is 9.01. The summed E-state index contributed by atoms with van der Waals surface area (Å²) in [5, 5.41) is 25.3. The van der Waals surface area contributed by atoms with Crippen LogP contribution in [0, 0.1) is 14.9 Å². The van der Waals surface area contributed by atoms with E-state index in [0.717, 1.165) is 13.7 Å². The molecule has 1 aromatic carbocycles. The third kappa shape index (κ3) is 2.85. The zero-order valence-electron chi connectivity index (χ0n) is 8.85. The van der Waals surface area contributed by atoms with Crippen molar-refractivity contribution in [3.63, 3.8) is 0 Å². The number of nitriles is 1. The van der Waals surface area contributed by atoms with Gasteiger partial charge in [0, 0.05) is 9.77 Å². The third-order valence-electron chi connectivity index (χ3n) is 2.03. The summed E-state index contributed by atoms with van der Waals surface area (Å²) in [6.07, 6.45) is 1.54. The first-order valence-corrected chi connectivity index (χ1v) is 6.64. The zero-order chi connectivity index (χ0) is 13.0. The Morgan fingerprint density at radius 3 is 3.06 bits per heavy atom. The van der Waals surface area contributed by atoms with Gasteiger partial charge in [-0.1, -0.05) is 6.07 Å². The summed E-state index contributed by atoms with van der Waals surface area (Å²) in [6.45, 7) is 0. The predicted octanol–water partition coefficient (Wildman–Crippen LogP) is 2.54. The molecule has 0 unspecified atom stereocenters. The highest BCUT2D eigenvalue weighted by molar-refractivity contribution is 14.1. The number of tetrazole rings is 1. The number of nitrogens with one attached hydrogen (secondary N) is 2. The van der Waals surface area contributed by atoms with E-state index in [-0.39, 0.29) is 5.82 Å². The van der Waals surface area contributed by atoms with E-state index in [1.807, 2.05) is 24.3 Å². The molecule has 0 spiro atoms. The lowest BCUT2D eigenvalue weighted by Crippen LogP contribution is -1.94. The van der Waals surface area contributed by atoms with E-state index in [4.69, 9.17) is 5.26 Å². The molecule has 0 fully saturated rings. The molecule has 0 bridgehead atoms. The van der Waals surface area contributed by atoms with Gasteiger partial charge in [0.05, 0.1) is 10.2 Å². The summed E-state index contributed by atoms with van der Waals surface area (Å²) in [5.74, 6) is 0.256. The standard InChI is InChI=1S/C10H6BrIN6/c11-9-7(12)2-1-3-8(9)14-5-6(4-13)10-15-17-18-16-10/h1-3,5,14H,(H,15,16,17,18). The van der Waals surface area contributed by atoms with Crippen LogP contribution >= 0.6 is 38.5 Å². The molecule has 0 atom stereocenters. The average Bonchev–Trinajstić information content (AvgIpc) is 2.89. The molecule has 2 aromatic rings. The van der Waals surface area contributed by atoms with Gasteiger partial charge < -0.3 is 5.32 Å².